The van der Waals surface area contributed by atoms with E-state index in [2.05, 4.69) is 44.2 Å². The SMILES string of the molecule is COc1ccc(Cn2cnc3c(N[C@@H](C)c4cc5cccc(Cl)c5c(CCN5CCOCC5)n4)ncnc32)cc1. The third-order valence-corrected chi connectivity index (χ3v) is 7.70. The fraction of sp³-hybridized carbons (Fsp3) is 0.333. The van der Waals surface area contributed by atoms with Crippen molar-refractivity contribution < 1.29 is 9.47 Å². The quantitative estimate of drug-likeness (QED) is 0.267. The molecule has 1 aliphatic rings. The summed E-state index contributed by atoms with van der Waals surface area (Å²) in [6.45, 7) is 7.09. The second-order valence-corrected chi connectivity index (χ2v) is 10.4. The van der Waals surface area contributed by atoms with Crippen molar-refractivity contribution in [2.75, 3.05) is 45.3 Å². The van der Waals surface area contributed by atoms with E-state index in [9.17, 15) is 0 Å². The number of imidazole rings is 1. The molecule has 2 aromatic carbocycles. The van der Waals surface area contributed by atoms with Crippen molar-refractivity contribution in [1.29, 1.82) is 0 Å². The van der Waals surface area contributed by atoms with Crippen molar-refractivity contribution in [2.24, 2.45) is 0 Å². The summed E-state index contributed by atoms with van der Waals surface area (Å²) in [7, 11) is 1.67. The van der Waals surface area contributed by atoms with Crippen LogP contribution in [0.15, 0.2) is 61.2 Å². The molecule has 1 N–H and O–H groups in total. The molecule has 9 nitrogen and oxygen atoms in total. The molecule has 1 fully saturated rings. The third kappa shape index (κ3) is 5.58. The number of hydrogen-bond acceptors (Lipinski definition) is 8. The standard InChI is InChI=1S/C30H32ClN7O2/c1-20(26-16-22-4-3-5-24(31)27(22)25(36-26)10-11-37-12-14-40-15-13-37)35-29-28-30(33-18-32-29)38(19-34-28)17-21-6-8-23(39-2)9-7-21/h3-9,16,18-20H,10-15,17H2,1-2H3,(H,32,33,35)/t20-/m0/s1. The molecule has 6 rings (SSSR count). The Morgan fingerprint density at radius 1 is 1.07 bits per heavy atom. The summed E-state index contributed by atoms with van der Waals surface area (Å²) >= 11 is 6.66. The topological polar surface area (TPSA) is 90.2 Å². The zero-order chi connectivity index (χ0) is 27.5. The number of benzene rings is 2. The van der Waals surface area contributed by atoms with Gasteiger partial charge in [0, 0.05) is 31.4 Å². The molecule has 1 aliphatic heterocycles. The predicted octanol–water partition coefficient (Wildman–Crippen LogP) is 5.13. The Hall–Kier alpha value is -3.79. The van der Waals surface area contributed by atoms with Gasteiger partial charge in [0.15, 0.2) is 11.5 Å². The first-order valence-electron chi connectivity index (χ1n) is 13.5. The van der Waals surface area contributed by atoms with Gasteiger partial charge < -0.3 is 19.4 Å². The molecule has 1 atom stereocenters. The molecule has 1 saturated heterocycles. The van der Waals surface area contributed by atoms with Crippen LogP contribution >= 0.6 is 11.6 Å². The van der Waals surface area contributed by atoms with Crippen LogP contribution in [0, 0.1) is 0 Å². The Morgan fingerprint density at radius 2 is 1.90 bits per heavy atom. The lowest BCUT2D eigenvalue weighted by Gasteiger charge is -2.26. The zero-order valence-corrected chi connectivity index (χ0v) is 23.4. The van der Waals surface area contributed by atoms with Crippen LogP contribution in [0.1, 0.15) is 29.9 Å². The Bertz CT molecular complexity index is 1620. The van der Waals surface area contributed by atoms with Gasteiger partial charge >= 0.3 is 0 Å². The number of ether oxygens (including phenoxy) is 2. The summed E-state index contributed by atoms with van der Waals surface area (Å²) in [6.07, 6.45) is 4.19. The Kier molecular flexibility index (Phi) is 7.77. The number of hydrogen-bond donors (Lipinski definition) is 1. The van der Waals surface area contributed by atoms with Crippen LogP contribution in [0.25, 0.3) is 21.9 Å². The lowest BCUT2D eigenvalue weighted by molar-refractivity contribution is 0.0384. The summed E-state index contributed by atoms with van der Waals surface area (Å²) in [4.78, 5) is 21.2. The van der Waals surface area contributed by atoms with E-state index in [-0.39, 0.29) is 6.04 Å². The van der Waals surface area contributed by atoms with E-state index in [0.29, 0.717) is 12.4 Å². The number of anilines is 1. The van der Waals surface area contributed by atoms with E-state index in [1.54, 1.807) is 19.8 Å². The maximum atomic E-state index is 6.66. The van der Waals surface area contributed by atoms with E-state index in [4.69, 9.17) is 26.1 Å². The van der Waals surface area contributed by atoms with Crippen molar-refractivity contribution in [1.82, 2.24) is 29.4 Å². The third-order valence-electron chi connectivity index (χ3n) is 7.38. The first-order valence-corrected chi connectivity index (χ1v) is 13.9. The van der Waals surface area contributed by atoms with Gasteiger partial charge in [-0.2, -0.15) is 0 Å². The summed E-state index contributed by atoms with van der Waals surface area (Å²) in [5.74, 6) is 1.50. The highest BCUT2D eigenvalue weighted by Crippen LogP contribution is 2.30. The highest BCUT2D eigenvalue weighted by atomic mass is 35.5. The number of pyridine rings is 1. The minimum absolute atomic E-state index is 0.115. The van der Waals surface area contributed by atoms with Crippen molar-refractivity contribution in [3.63, 3.8) is 0 Å². The summed E-state index contributed by atoms with van der Waals surface area (Å²) < 4.78 is 12.8. The van der Waals surface area contributed by atoms with Gasteiger partial charge in [0.25, 0.3) is 0 Å². The van der Waals surface area contributed by atoms with Crippen LogP contribution in [0.2, 0.25) is 5.02 Å². The van der Waals surface area contributed by atoms with Crippen molar-refractivity contribution >= 4 is 39.4 Å². The molecule has 0 aliphatic carbocycles. The molecular weight excluding hydrogens is 526 g/mol. The first-order chi connectivity index (χ1) is 19.6. The number of aromatic nitrogens is 5. The number of fused-ring (bicyclic) bond motifs is 2. The fourth-order valence-corrected chi connectivity index (χ4v) is 5.46. The summed E-state index contributed by atoms with van der Waals surface area (Å²) in [5, 5.41) is 6.38. The van der Waals surface area contributed by atoms with Gasteiger partial charge in [-0.05, 0) is 42.1 Å². The van der Waals surface area contributed by atoms with Gasteiger partial charge in [0.1, 0.15) is 17.6 Å². The van der Waals surface area contributed by atoms with Gasteiger partial charge in [-0.25, -0.2) is 15.0 Å². The van der Waals surface area contributed by atoms with Crippen molar-refractivity contribution in [2.45, 2.75) is 25.9 Å². The van der Waals surface area contributed by atoms with Gasteiger partial charge in [-0.3, -0.25) is 9.88 Å². The van der Waals surface area contributed by atoms with E-state index >= 15 is 0 Å². The monoisotopic (exact) mass is 557 g/mol. The number of nitrogens with zero attached hydrogens (tertiary/aromatic N) is 6. The molecule has 10 heteroatoms. The average Bonchev–Trinajstić information content (AvgIpc) is 3.40. The Balaban J connectivity index is 1.25. The number of halogens is 1. The largest absolute Gasteiger partial charge is 0.497 e. The molecule has 0 bridgehead atoms. The van der Waals surface area contributed by atoms with Gasteiger partial charge in [-0.15, -0.1) is 0 Å². The minimum Gasteiger partial charge on any atom is -0.497 e. The van der Waals surface area contributed by atoms with Gasteiger partial charge in [0.2, 0.25) is 0 Å². The van der Waals surface area contributed by atoms with Crippen molar-refractivity contribution in [3.8, 4) is 5.75 Å². The smallest absolute Gasteiger partial charge is 0.165 e. The second-order valence-electron chi connectivity index (χ2n) is 10.0. The molecule has 0 unspecified atom stereocenters. The Labute approximate surface area is 238 Å². The molecular formula is C30H32ClN7O2. The number of rotatable bonds is 9. The summed E-state index contributed by atoms with van der Waals surface area (Å²) in [5.41, 5.74) is 4.56. The highest BCUT2D eigenvalue weighted by molar-refractivity contribution is 6.35. The van der Waals surface area contributed by atoms with Crippen LogP contribution in [0.3, 0.4) is 0 Å². The first kappa shape index (κ1) is 26.4. The molecule has 3 aromatic heterocycles. The van der Waals surface area contributed by atoms with Gasteiger partial charge in [-0.1, -0.05) is 35.9 Å². The highest BCUT2D eigenvalue weighted by Gasteiger charge is 2.18. The lowest BCUT2D eigenvalue weighted by Crippen LogP contribution is -2.37. The van der Waals surface area contributed by atoms with Crippen molar-refractivity contribution in [3.05, 3.63) is 83.2 Å². The molecule has 4 heterocycles. The predicted molar refractivity (Wildman–Crippen MR) is 157 cm³/mol. The van der Waals surface area contributed by atoms with E-state index in [1.165, 1.54) is 0 Å². The minimum atomic E-state index is -0.115. The van der Waals surface area contributed by atoms with Crippen LogP contribution in [-0.2, 0) is 17.7 Å². The Morgan fingerprint density at radius 3 is 2.70 bits per heavy atom. The number of morpholine rings is 1. The molecule has 0 radical (unpaired) electrons. The van der Waals surface area contributed by atoms with E-state index < -0.39 is 0 Å². The summed E-state index contributed by atoms with van der Waals surface area (Å²) in [6, 6.07) is 16.0. The van der Waals surface area contributed by atoms with Crippen LogP contribution in [-0.4, -0.2) is 69.4 Å². The lowest BCUT2D eigenvalue weighted by atomic mass is 10.0. The second kappa shape index (κ2) is 11.8. The molecule has 0 amide bonds. The molecule has 0 spiro atoms. The van der Waals surface area contributed by atoms with E-state index in [0.717, 1.165) is 88.9 Å². The molecule has 206 valence electrons. The number of nitrogens with one attached hydrogen (secondary N) is 1. The van der Waals surface area contributed by atoms with Crippen LogP contribution in [0.5, 0.6) is 5.75 Å². The van der Waals surface area contributed by atoms with E-state index in [1.807, 2.05) is 41.0 Å². The van der Waals surface area contributed by atoms with Crippen LogP contribution < -0.4 is 10.1 Å². The fourth-order valence-electron chi connectivity index (χ4n) is 5.17. The number of methoxy groups -OCH3 is 1. The maximum absolute atomic E-state index is 6.66. The van der Waals surface area contributed by atoms with Gasteiger partial charge in [0.05, 0.1) is 55.6 Å². The molecule has 5 aromatic rings. The zero-order valence-electron chi connectivity index (χ0n) is 22.7. The maximum Gasteiger partial charge on any atom is 0.165 e. The molecule has 0 saturated carbocycles. The molecule has 40 heavy (non-hydrogen) atoms. The average molecular weight is 558 g/mol. The van der Waals surface area contributed by atoms with Crippen LogP contribution in [0.4, 0.5) is 5.82 Å². The normalized spacial score (nSPS) is 15.0.